The van der Waals surface area contributed by atoms with E-state index in [-0.39, 0.29) is 11.7 Å². The van der Waals surface area contributed by atoms with Gasteiger partial charge in [-0.3, -0.25) is 4.79 Å². The third-order valence-corrected chi connectivity index (χ3v) is 4.17. The van der Waals surface area contributed by atoms with Crippen LogP contribution in [0, 0.1) is 11.7 Å². The van der Waals surface area contributed by atoms with Crippen molar-refractivity contribution >= 4 is 21.8 Å². The first kappa shape index (κ1) is 14.5. The third kappa shape index (κ3) is 3.54. The molecule has 0 bridgehead atoms. The number of hydrogen-bond acceptors (Lipinski definition) is 2. The Morgan fingerprint density at radius 3 is 2.74 bits per heavy atom. The molecule has 0 unspecified atom stereocenters. The molecular weight excluding hydrogens is 311 g/mol. The Hall–Kier alpha value is -0.940. The van der Waals surface area contributed by atoms with Gasteiger partial charge in [-0.25, -0.2) is 4.39 Å². The zero-order valence-electron chi connectivity index (χ0n) is 11.0. The van der Waals surface area contributed by atoms with Gasteiger partial charge in [0.2, 0.25) is 0 Å². The van der Waals surface area contributed by atoms with Crippen LogP contribution in [0.15, 0.2) is 22.7 Å². The summed E-state index contributed by atoms with van der Waals surface area (Å²) in [4.78, 5) is 14.1. The van der Waals surface area contributed by atoms with Crippen LogP contribution in [0.5, 0.6) is 0 Å². The number of benzene rings is 1. The van der Waals surface area contributed by atoms with E-state index >= 15 is 0 Å². The number of hydrogen-bond donors (Lipinski definition) is 1. The van der Waals surface area contributed by atoms with Gasteiger partial charge in [-0.1, -0.05) is 0 Å². The lowest BCUT2D eigenvalue weighted by molar-refractivity contribution is 0.0691. The maximum absolute atomic E-state index is 13.2. The maximum atomic E-state index is 13.2. The van der Waals surface area contributed by atoms with E-state index in [1.54, 1.807) is 12.1 Å². The van der Waals surface area contributed by atoms with Crippen LogP contribution in [0.2, 0.25) is 0 Å². The number of amides is 1. The number of rotatable bonds is 3. The van der Waals surface area contributed by atoms with Crippen LogP contribution < -0.4 is 5.32 Å². The second-order valence-electron chi connectivity index (χ2n) is 4.92. The summed E-state index contributed by atoms with van der Waals surface area (Å²) < 4.78 is 13.5. The number of halogens is 2. The number of nitrogens with one attached hydrogen (secondary N) is 1. The van der Waals surface area contributed by atoms with Gasteiger partial charge in [0, 0.05) is 18.7 Å². The summed E-state index contributed by atoms with van der Waals surface area (Å²) in [5.74, 6) is 0.293. The van der Waals surface area contributed by atoms with Gasteiger partial charge in [0.15, 0.2) is 0 Å². The van der Waals surface area contributed by atoms with E-state index in [0.717, 1.165) is 32.5 Å². The van der Waals surface area contributed by atoms with E-state index in [0.29, 0.717) is 16.0 Å². The minimum Gasteiger partial charge on any atom is -0.339 e. The van der Waals surface area contributed by atoms with Crippen LogP contribution in [0.1, 0.15) is 23.2 Å². The van der Waals surface area contributed by atoms with Crippen LogP contribution in [-0.2, 0) is 0 Å². The van der Waals surface area contributed by atoms with Crippen molar-refractivity contribution in [2.24, 2.45) is 5.92 Å². The molecule has 1 aromatic carbocycles. The topological polar surface area (TPSA) is 32.3 Å². The molecule has 19 heavy (non-hydrogen) atoms. The minimum absolute atomic E-state index is 0.0105. The van der Waals surface area contributed by atoms with Crippen molar-refractivity contribution in [1.82, 2.24) is 10.2 Å². The predicted octanol–water partition coefficient (Wildman–Crippen LogP) is 2.66. The number of likely N-dealkylation sites (tertiary alicyclic amines) is 1. The summed E-state index contributed by atoms with van der Waals surface area (Å²) in [6.07, 6.45) is 2.05. The molecule has 1 amide bonds. The van der Waals surface area contributed by atoms with Crippen LogP contribution >= 0.6 is 15.9 Å². The summed E-state index contributed by atoms with van der Waals surface area (Å²) in [5, 5.41) is 3.18. The van der Waals surface area contributed by atoms with E-state index in [9.17, 15) is 9.18 Å². The summed E-state index contributed by atoms with van der Waals surface area (Å²) in [6, 6.07) is 4.42. The Labute approximate surface area is 121 Å². The molecule has 1 heterocycles. The molecule has 1 aromatic rings. The summed E-state index contributed by atoms with van der Waals surface area (Å²) in [6.45, 7) is 2.56. The highest BCUT2D eigenvalue weighted by Gasteiger charge is 2.23. The van der Waals surface area contributed by atoms with E-state index in [1.807, 2.05) is 11.9 Å². The van der Waals surface area contributed by atoms with Gasteiger partial charge in [0.1, 0.15) is 5.82 Å². The monoisotopic (exact) mass is 328 g/mol. The zero-order valence-corrected chi connectivity index (χ0v) is 12.5. The molecular formula is C14H18BrFN2O. The van der Waals surface area contributed by atoms with Crippen molar-refractivity contribution in [3.05, 3.63) is 34.1 Å². The Balaban J connectivity index is 1.99. The van der Waals surface area contributed by atoms with Crippen molar-refractivity contribution in [3.63, 3.8) is 0 Å². The number of carbonyl (C=O) groups excluding carboxylic acids is 1. The van der Waals surface area contributed by atoms with Gasteiger partial charge in [-0.05, 0) is 66.5 Å². The molecule has 2 rings (SSSR count). The van der Waals surface area contributed by atoms with Gasteiger partial charge < -0.3 is 10.2 Å². The maximum Gasteiger partial charge on any atom is 0.253 e. The smallest absolute Gasteiger partial charge is 0.253 e. The van der Waals surface area contributed by atoms with Crippen molar-refractivity contribution in [1.29, 1.82) is 0 Å². The molecule has 1 aliphatic heterocycles. The second-order valence-corrected chi connectivity index (χ2v) is 5.78. The van der Waals surface area contributed by atoms with Crippen LogP contribution in [0.25, 0.3) is 0 Å². The largest absolute Gasteiger partial charge is 0.339 e. The van der Waals surface area contributed by atoms with Gasteiger partial charge in [0.05, 0.1) is 4.47 Å². The van der Waals surface area contributed by atoms with Crippen LogP contribution in [0.4, 0.5) is 4.39 Å². The standard InChI is InChI=1S/C14H18BrFN2O/c1-17-9-10-4-6-18(7-5-10)14(19)11-2-3-13(16)12(15)8-11/h2-3,8,10,17H,4-7,9H2,1H3. The number of piperidine rings is 1. The van der Waals surface area contributed by atoms with Crippen LogP contribution in [0.3, 0.4) is 0 Å². The highest BCUT2D eigenvalue weighted by atomic mass is 79.9. The molecule has 1 saturated heterocycles. The molecule has 0 aliphatic carbocycles. The SMILES string of the molecule is CNCC1CCN(C(=O)c2ccc(F)c(Br)c2)CC1. The first-order valence-electron chi connectivity index (χ1n) is 6.50. The Morgan fingerprint density at radius 2 is 2.16 bits per heavy atom. The quantitative estimate of drug-likeness (QED) is 0.925. The second kappa shape index (κ2) is 6.48. The highest BCUT2D eigenvalue weighted by molar-refractivity contribution is 9.10. The molecule has 1 N–H and O–H groups in total. The normalized spacial score (nSPS) is 16.7. The Bertz CT molecular complexity index is 459. The van der Waals surface area contributed by atoms with E-state index in [1.165, 1.54) is 6.07 Å². The van der Waals surface area contributed by atoms with Crippen molar-refractivity contribution < 1.29 is 9.18 Å². The minimum atomic E-state index is -0.343. The summed E-state index contributed by atoms with van der Waals surface area (Å²) in [5.41, 5.74) is 0.542. The fourth-order valence-corrected chi connectivity index (χ4v) is 2.82. The lowest BCUT2D eigenvalue weighted by Crippen LogP contribution is -2.40. The van der Waals surface area contributed by atoms with E-state index in [2.05, 4.69) is 21.2 Å². The van der Waals surface area contributed by atoms with Crippen molar-refractivity contribution in [2.75, 3.05) is 26.7 Å². The van der Waals surface area contributed by atoms with Gasteiger partial charge >= 0.3 is 0 Å². The lowest BCUT2D eigenvalue weighted by Gasteiger charge is -2.32. The van der Waals surface area contributed by atoms with Crippen LogP contribution in [-0.4, -0.2) is 37.5 Å². The van der Waals surface area contributed by atoms with Crippen molar-refractivity contribution in [3.8, 4) is 0 Å². The Morgan fingerprint density at radius 1 is 1.47 bits per heavy atom. The summed E-state index contributed by atoms with van der Waals surface area (Å²) in [7, 11) is 1.95. The van der Waals surface area contributed by atoms with E-state index in [4.69, 9.17) is 0 Å². The number of nitrogens with zero attached hydrogens (tertiary/aromatic N) is 1. The fourth-order valence-electron chi connectivity index (χ4n) is 2.44. The molecule has 0 atom stereocenters. The molecule has 3 nitrogen and oxygen atoms in total. The molecule has 1 aliphatic rings. The summed E-state index contributed by atoms with van der Waals surface area (Å²) >= 11 is 3.11. The average molecular weight is 329 g/mol. The fraction of sp³-hybridized carbons (Fsp3) is 0.500. The predicted molar refractivity (Wildman–Crippen MR) is 76.7 cm³/mol. The molecule has 0 radical (unpaired) electrons. The van der Waals surface area contributed by atoms with Gasteiger partial charge in [-0.15, -0.1) is 0 Å². The first-order valence-corrected chi connectivity index (χ1v) is 7.30. The van der Waals surface area contributed by atoms with Gasteiger partial charge in [0.25, 0.3) is 5.91 Å². The Kier molecular flexibility index (Phi) is 4.93. The molecule has 104 valence electrons. The van der Waals surface area contributed by atoms with Crippen molar-refractivity contribution in [2.45, 2.75) is 12.8 Å². The lowest BCUT2D eigenvalue weighted by atomic mass is 9.96. The third-order valence-electron chi connectivity index (χ3n) is 3.56. The molecule has 0 saturated carbocycles. The molecule has 0 aromatic heterocycles. The molecule has 1 fully saturated rings. The first-order chi connectivity index (χ1) is 9.11. The highest BCUT2D eigenvalue weighted by Crippen LogP contribution is 2.21. The average Bonchev–Trinajstić information content (AvgIpc) is 2.42. The zero-order chi connectivity index (χ0) is 13.8. The van der Waals surface area contributed by atoms with Gasteiger partial charge in [-0.2, -0.15) is 0 Å². The molecule has 5 heteroatoms. The molecule has 0 spiro atoms. The van der Waals surface area contributed by atoms with E-state index < -0.39 is 0 Å². The number of carbonyl (C=O) groups is 1.